The lowest BCUT2D eigenvalue weighted by Gasteiger charge is -2.18. The van der Waals surface area contributed by atoms with Crippen LogP contribution in [-0.4, -0.2) is 36.3 Å². The van der Waals surface area contributed by atoms with E-state index < -0.39 is 0 Å². The number of benzene rings is 1. The van der Waals surface area contributed by atoms with E-state index in [4.69, 9.17) is 4.42 Å². The summed E-state index contributed by atoms with van der Waals surface area (Å²) in [6.07, 6.45) is 4.32. The van der Waals surface area contributed by atoms with Gasteiger partial charge in [-0.15, -0.1) is 0 Å². The fourth-order valence-electron chi connectivity index (χ4n) is 3.67. The number of anilines is 2. The maximum absolute atomic E-state index is 12.5. The number of carbonyl (C=O) groups excluding carboxylic acids is 2. The minimum absolute atomic E-state index is 0.00840. The smallest absolute Gasteiger partial charge is 0.229 e. The monoisotopic (exact) mass is 353 g/mol. The number of furan rings is 1. The van der Waals surface area contributed by atoms with Crippen molar-refractivity contribution < 1.29 is 14.0 Å². The molecule has 2 aliphatic heterocycles. The second-order valence-electron chi connectivity index (χ2n) is 6.98. The maximum atomic E-state index is 12.5. The van der Waals surface area contributed by atoms with Crippen molar-refractivity contribution in [3.63, 3.8) is 0 Å². The van der Waals surface area contributed by atoms with Gasteiger partial charge in [-0.3, -0.25) is 9.59 Å². The third-order valence-electron chi connectivity index (χ3n) is 5.12. The molecule has 2 aromatic rings. The van der Waals surface area contributed by atoms with Crippen molar-refractivity contribution in [1.82, 2.24) is 4.90 Å². The van der Waals surface area contributed by atoms with Crippen LogP contribution in [0.4, 0.5) is 11.4 Å². The van der Waals surface area contributed by atoms with Gasteiger partial charge in [-0.1, -0.05) is 0 Å². The number of nitrogens with zero attached hydrogens (tertiary/aromatic N) is 2. The lowest BCUT2D eigenvalue weighted by molar-refractivity contribution is -0.128. The topological polar surface area (TPSA) is 65.8 Å². The van der Waals surface area contributed by atoms with Crippen molar-refractivity contribution >= 4 is 23.2 Å². The molecule has 1 atom stereocenters. The number of hydrogen-bond donors (Lipinski definition) is 1. The fraction of sp³-hybridized carbons (Fsp3) is 0.400. The number of amides is 2. The molecule has 4 rings (SSSR count). The van der Waals surface area contributed by atoms with Crippen LogP contribution in [0.2, 0.25) is 0 Å². The van der Waals surface area contributed by atoms with Gasteiger partial charge >= 0.3 is 0 Å². The van der Waals surface area contributed by atoms with Gasteiger partial charge in [0, 0.05) is 37.4 Å². The minimum atomic E-state index is -0.323. The molecule has 2 amide bonds. The van der Waals surface area contributed by atoms with E-state index in [2.05, 4.69) is 10.2 Å². The molecule has 2 aliphatic rings. The molecule has 136 valence electrons. The summed E-state index contributed by atoms with van der Waals surface area (Å²) in [5, 5.41) is 2.94. The highest BCUT2D eigenvalue weighted by atomic mass is 16.3. The van der Waals surface area contributed by atoms with Gasteiger partial charge in [0.2, 0.25) is 11.8 Å². The summed E-state index contributed by atoms with van der Waals surface area (Å²) in [7, 11) is 0. The molecule has 0 spiro atoms. The maximum Gasteiger partial charge on any atom is 0.229 e. The Morgan fingerprint density at radius 3 is 2.62 bits per heavy atom. The first-order valence-corrected chi connectivity index (χ1v) is 9.15. The number of carbonyl (C=O) groups is 2. The molecule has 6 nitrogen and oxygen atoms in total. The summed E-state index contributed by atoms with van der Waals surface area (Å²) < 4.78 is 5.29. The van der Waals surface area contributed by atoms with Gasteiger partial charge in [-0.05, 0) is 49.2 Å². The normalized spacial score (nSPS) is 20.0. The Kier molecular flexibility index (Phi) is 4.65. The molecule has 0 aliphatic carbocycles. The Bertz CT molecular complexity index is 764. The van der Waals surface area contributed by atoms with E-state index in [1.165, 1.54) is 18.5 Å². The molecule has 3 heterocycles. The molecular formula is C20H23N3O3. The Balaban J connectivity index is 1.33. The molecule has 6 heteroatoms. The number of likely N-dealkylation sites (tertiary alicyclic amines) is 1. The Morgan fingerprint density at radius 1 is 1.15 bits per heavy atom. The van der Waals surface area contributed by atoms with Crippen molar-refractivity contribution in [3.05, 3.63) is 48.4 Å². The molecule has 26 heavy (non-hydrogen) atoms. The van der Waals surface area contributed by atoms with E-state index in [1.807, 2.05) is 30.3 Å². The van der Waals surface area contributed by atoms with E-state index in [9.17, 15) is 9.59 Å². The van der Waals surface area contributed by atoms with Gasteiger partial charge in [0.15, 0.2) is 0 Å². The van der Waals surface area contributed by atoms with Crippen LogP contribution in [0.5, 0.6) is 0 Å². The van der Waals surface area contributed by atoms with Crippen LogP contribution in [0, 0.1) is 5.92 Å². The van der Waals surface area contributed by atoms with Gasteiger partial charge in [0.1, 0.15) is 5.76 Å². The molecular weight excluding hydrogens is 330 g/mol. The Hall–Kier alpha value is -2.76. The quantitative estimate of drug-likeness (QED) is 0.898. The van der Waals surface area contributed by atoms with E-state index in [0.29, 0.717) is 13.1 Å². The van der Waals surface area contributed by atoms with E-state index >= 15 is 0 Å². The first-order chi connectivity index (χ1) is 12.7. The van der Waals surface area contributed by atoms with E-state index in [-0.39, 0.29) is 24.2 Å². The SMILES string of the molecule is O=C(Nc1ccc(N2CCCC2)cc1)C1CC(=O)N(Cc2ccco2)C1. The third-order valence-corrected chi connectivity index (χ3v) is 5.12. The summed E-state index contributed by atoms with van der Waals surface area (Å²) in [4.78, 5) is 28.7. The molecule has 0 radical (unpaired) electrons. The highest BCUT2D eigenvalue weighted by molar-refractivity contribution is 5.97. The van der Waals surface area contributed by atoms with Gasteiger partial charge in [0.05, 0.1) is 18.7 Å². The van der Waals surface area contributed by atoms with Crippen molar-refractivity contribution in [2.75, 3.05) is 29.9 Å². The summed E-state index contributed by atoms with van der Waals surface area (Å²) in [6, 6.07) is 11.6. The lowest BCUT2D eigenvalue weighted by atomic mass is 10.1. The van der Waals surface area contributed by atoms with Crippen molar-refractivity contribution in [1.29, 1.82) is 0 Å². The Morgan fingerprint density at radius 2 is 1.92 bits per heavy atom. The number of nitrogens with one attached hydrogen (secondary N) is 1. The molecule has 1 N–H and O–H groups in total. The highest BCUT2D eigenvalue weighted by Crippen LogP contribution is 2.24. The predicted molar refractivity (Wildman–Crippen MR) is 98.8 cm³/mol. The second-order valence-corrected chi connectivity index (χ2v) is 6.98. The van der Waals surface area contributed by atoms with Crippen molar-refractivity contribution in [2.45, 2.75) is 25.8 Å². The first kappa shape index (κ1) is 16.7. The average Bonchev–Trinajstić information content (AvgIpc) is 3.39. The summed E-state index contributed by atoms with van der Waals surface area (Å²) in [5.41, 5.74) is 1.97. The van der Waals surface area contributed by atoms with Crippen molar-refractivity contribution in [2.24, 2.45) is 5.92 Å². The second kappa shape index (κ2) is 7.23. The molecule has 1 unspecified atom stereocenters. The van der Waals surface area contributed by atoms with Crippen molar-refractivity contribution in [3.8, 4) is 0 Å². The molecule has 0 saturated carbocycles. The summed E-state index contributed by atoms with van der Waals surface area (Å²) >= 11 is 0. The average molecular weight is 353 g/mol. The zero-order valence-corrected chi connectivity index (χ0v) is 14.7. The third kappa shape index (κ3) is 3.59. The zero-order chi connectivity index (χ0) is 17.9. The van der Waals surface area contributed by atoms with Crippen LogP contribution >= 0.6 is 0 Å². The molecule has 2 saturated heterocycles. The zero-order valence-electron chi connectivity index (χ0n) is 14.7. The first-order valence-electron chi connectivity index (χ1n) is 9.15. The molecule has 0 bridgehead atoms. The highest BCUT2D eigenvalue weighted by Gasteiger charge is 2.34. The largest absolute Gasteiger partial charge is 0.467 e. The van der Waals surface area contributed by atoms with Crippen LogP contribution in [0.1, 0.15) is 25.0 Å². The van der Waals surface area contributed by atoms with Crippen LogP contribution in [-0.2, 0) is 16.1 Å². The minimum Gasteiger partial charge on any atom is -0.467 e. The Labute approximate surface area is 152 Å². The summed E-state index contributed by atoms with van der Waals surface area (Å²) in [6.45, 7) is 3.04. The lowest BCUT2D eigenvalue weighted by Crippen LogP contribution is -2.27. The standard InChI is InChI=1S/C20H23N3O3/c24-19-12-15(13-23(19)14-18-4-3-11-26-18)20(25)21-16-5-7-17(8-6-16)22-9-1-2-10-22/h3-8,11,15H,1-2,9-10,12-14H2,(H,21,25). The molecule has 1 aromatic carbocycles. The molecule has 2 fully saturated rings. The predicted octanol–water partition coefficient (Wildman–Crippen LogP) is 2.87. The van der Waals surface area contributed by atoms with Crippen LogP contribution in [0.3, 0.4) is 0 Å². The number of rotatable bonds is 5. The van der Waals surface area contributed by atoms with Gasteiger partial charge in [-0.25, -0.2) is 0 Å². The van der Waals surface area contributed by atoms with Gasteiger partial charge < -0.3 is 19.5 Å². The van der Waals surface area contributed by atoms with E-state index in [0.717, 1.165) is 24.5 Å². The van der Waals surface area contributed by atoms with Gasteiger partial charge in [0.25, 0.3) is 0 Å². The van der Waals surface area contributed by atoms with Gasteiger partial charge in [-0.2, -0.15) is 0 Å². The van der Waals surface area contributed by atoms with E-state index in [1.54, 1.807) is 17.2 Å². The summed E-state index contributed by atoms with van der Waals surface area (Å²) in [5.74, 6) is 0.299. The fourth-order valence-corrected chi connectivity index (χ4v) is 3.67. The van der Waals surface area contributed by atoms with Crippen LogP contribution in [0.15, 0.2) is 47.1 Å². The molecule has 1 aromatic heterocycles. The van der Waals surface area contributed by atoms with Crippen LogP contribution < -0.4 is 10.2 Å². The van der Waals surface area contributed by atoms with Crippen LogP contribution in [0.25, 0.3) is 0 Å². The number of hydrogen-bond acceptors (Lipinski definition) is 4.